The van der Waals surface area contributed by atoms with E-state index in [0.29, 0.717) is 0 Å². The molecule has 0 atom stereocenters. The zero-order chi connectivity index (χ0) is 16.2. The fraction of sp³-hybridized carbons (Fsp3) is 0.105. The van der Waals surface area contributed by atoms with E-state index < -0.39 is 0 Å². The average Bonchev–Trinajstić information content (AvgIpc) is 2.84. The molecule has 0 aliphatic heterocycles. The molecule has 116 valence electrons. The van der Waals surface area contributed by atoms with Gasteiger partial charge in [0.15, 0.2) is 0 Å². The van der Waals surface area contributed by atoms with Gasteiger partial charge in [-0.05, 0) is 56.3 Å². The molecule has 1 heterocycles. The number of hydrazone groups is 1. The van der Waals surface area contributed by atoms with E-state index in [1.54, 1.807) is 0 Å². The zero-order valence-corrected chi connectivity index (χ0v) is 14.7. The van der Waals surface area contributed by atoms with E-state index in [9.17, 15) is 0 Å². The first kappa shape index (κ1) is 15.6. The molecule has 0 spiro atoms. The van der Waals surface area contributed by atoms with Crippen LogP contribution in [0.25, 0.3) is 5.69 Å². The molecule has 0 saturated carbocycles. The number of anilines is 1. The number of nitrogens with one attached hydrogen (secondary N) is 1. The lowest BCUT2D eigenvalue weighted by Crippen LogP contribution is -1.99. The first-order chi connectivity index (χ1) is 11.1. The third kappa shape index (κ3) is 3.54. The molecule has 3 aromatic rings. The number of aryl methyl sites for hydroxylation is 1. The van der Waals surface area contributed by atoms with Gasteiger partial charge in [0.2, 0.25) is 0 Å². The first-order valence-corrected chi connectivity index (χ1v) is 8.23. The molecule has 0 amide bonds. The minimum absolute atomic E-state index is 0.977. The SMILES string of the molecule is Cc1cc(/C=N\Nc2ccccc2)c(C)n1-c1ccc(Br)cc1. The highest BCUT2D eigenvalue weighted by Gasteiger charge is 2.09. The van der Waals surface area contributed by atoms with Crippen LogP contribution >= 0.6 is 15.9 Å². The molecule has 3 rings (SSSR count). The Hall–Kier alpha value is -2.33. The van der Waals surface area contributed by atoms with E-state index in [0.717, 1.165) is 21.4 Å². The largest absolute Gasteiger partial charge is 0.318 e. The van der Waals surface area contributed by atoms with Crippen molar-refractivity contribution in [3.63, 3.8) is 0 Å². The first-order valence-electron chi connectivity index (χ1n) is 7.44. The van der Waals surface area contributed by atoms with E-state index in [4.69, 9.17) is 0 Å². The van der Waals surface area contributed by atoms with Crippen LogP contribution in [-0.2, 0) is 0 Å². The van der Waals surface area contributed by atoms with Crippen molar-refractivity contribution < 1.29 is 0 Å². The van der Waals surface area contributed by atoms with Crippen LogP contribution < -0.4 is 5.43 Å². The Balaban J connectivity index is 1.84. The summed E-state index contributed by atoms with van der Waals surface area (Å²) in [5.74, 6) is 0. The number of nitrogens with zero attached hydrogens (tertiary/aromatic N) is 2. The van der Waals surface area contributed by atoms with Gasteiger partial charge in [0, 0.05) is 27.1 Å². The zero-order valence-electron chi connectivity index (χ0n) is 13.1. The number of hydrogen-bond acceptors (Lipinski definition) is 2. The van der Waals surface area contributed by atoms with Gasteiger partial charge in [0.25, 0.3) is 0 Å². The van der Waals surface area contributed by atoms with E-state index >= 15 is 0 Å². The van der Waals surface area contributed by atoms with E-state index in [2.05, 4.69) is 75.2 Å². The summed E-state index contributed by atoms with van der Waals surface area (Å²) in [6.07, 6.45) is 1.87. The molecule has 1 aromatic heterocycles. The normalized spacial score (nSPS) is 11.1. The van der Waals surface area contributed by atoms with E-state index in [1.807, 2.05) is 36.5 Å². The maximum absolute atomic E-state index is 4.34. The maximum atomic E-state index is 4.34. The molecule has 0 bridgehead atoms. The number of hydrogen-bond donors (Lipinski definition) is 1. The minimum Gasteiger partial charge on any atom is -0.318 e. The summed E-state index contributed by atoms with van der Waals surface area (Å²) in [4.78, 5) is 0. The van der Waals surface area contributed by atoms with Gasteiger partial charge in [-0.2, -0.15) is 5.10 Å². The highest BCUT2D eigenvalue weighted by molar-refractivity contribution is 9.10. The molecule has 0 aliphatic carbocycles. The van der Waals surface area contributed by atoms with Crippen molar-refractivity contribution in [2.75, 3.05) is 5.43 Å². The average molecular weight is 368 g/mol. The summed E-state index contributed by atoms with van der Waals surface area (Å²) >= 11 is 3.48. The lowest BCUT2D eigenvalue weighted by atomic mass is 10.2. The van der Waals surface area contributed by atoms with Gasteiger partial charge < -0.3 is 4.57 Å². The Bertz CT molecular complexity index is 818. The quantitative estimate of drug-likeness (QED) is 0.491. The number of benzene rings is 2. The molecule has 0 unspecified atom stereocenters. The van der Waals surface area contributed by atoms with Crippen molar-refractivity contribution >= 4 is 27.8 Å². The monoisotopic (exact) mass is 367 g/mol. The molecule has 4 heteroatoms. The summed E-state index contributed by atoms with van der Waals surface area (Å²) in [5, 5.41) is 4.34. The smallest absolute Gasteiger partial charge is 0.0562 e. The second-order valence-corrected chi connectivity index (χ2v) is 6.29. The Morgan fingerprint density at radius 1 is 1.00 bits per heavy atom. The van der Waals surface area contributed by atoms with Gasteiger partial charge in [-0.1, -0.05) is 34.1 Å². The maximum Gasteiger partial charge on any atom is 0.0562 e. The fourth-order valence-electron chi connectivity index (χ4n) is 2.59. The van der Waals surface area contributed by atoms with Crippen LogP contribution in [0.15, 0.2) is 70.2 Å². The lowest BCUT2D eigenvalue weighted by Gasteiger charge is -2.09. The molecule has 0 saturated heterocycles. The number of rotatable bonds is 4. The van der Waals surface area contributed by atoms with Crippen LogP contribution in [-0.4, -0.2) is 10.8 Å². The summed E-state index contributed by atoms with van der Waals surface area (Å²) in [6, 6.07) is 20.4. The van der Waals surface area contributed by atoms with Crippen LogP contribution in [0, 0.1) is 13.8 Å². The van der Waals surface area contributed by atoms with Crippen molar-refractivity contribution in [1.82, 2.24) is 4.57 Å². The molecule has 1 N–H and O–H groups in total. The van der Waals surface area contributed by atoms with Crippen molar-refractivity contribution in [3.05, 3.63) is 82.1 Å². The van der Waals surface area contributed by atoms with Gasteiger partial charge in [0.1, 0.15) is 0 Å². The van der Waals surface area contributed by atoms with Crippen molar-refractivity contribution in [2.45, 2.75) is 13.8 Å². The van der Waals surface area contributed by atoms with E-state index in [1.165, 1.54) is 11.4 Å². The number of halogens is 1. The van der Waals surface area contributed by atoms with Crippen molar-refractivity contribution in [3.8, 4) is 5.69 Å². The van der Waals surface area contributed by atoms with Crippen LogP contribution in [0.4, 0.5) is 5.69 Å². The highest BCUT2D eigenvalue weighted by atomic mass is 79.9. The standard InChI is InChI=1S/C19H18BrN3/c1-14-12-16(13-21-22-18-6-4-3-5-7-18)15(2)23(14)19-10-8-17(20)9-11-19/h3-13,22H,1-2H3/b21-13-. The molecule has 23 heavy (non-hydrogen) atoms. The lowest BCUT2D eigenvalue weighted by molar-refractivity contribution is 0.964. The third-order valence-electron chi connectivity index (χ3n) is 3.73. The fourth-order valence-corrected chi connectivity index (χ4v) is 2.86. The Morgan fingerprint density at radius 3 is 2.39 bits per heavy atom. The molecular formula is C19H18BrN3. The van der Waals surface area contributed by atoms with E-state index in [-0.39, 0.29) is 0 Å². The van der Waals surface area contributed by atoms with Gasteiger partial charge in [-0.3, -0.25) is 5.43 Å². The Labute approximate surface area is 144 Å². The molecule has 0 aliphatic rings. The van der Waals surface area contributed by atoms with Crippen LogP contribution in [0.1, 0.15) is 17.0 Å². The Morgan fingerprint density at radius 2 is 1.70 bits per heavy atom. The second kappa shape index (κ2) is 6.84. The van der Waals surface area contributed by atoms with Gasteiger partial charge >= 0.3 is 0 Å². The summed E-state index contributed by atoms with van der Waals surface area (Å²) in [7, 11) is 0. The molecule has 0 radical (unpaired) electrons. The summed E-state index contributed by atoms with van der Waals surface area (Å²) < 4.78 is 3.31. The van der Waals surface area contributed by atoms with Gasteiger partial charge in [-0.25, -0.2) is 0 Å². The van der Waals surface area contributed by atoms with Crippen LogP contribution in [0.5, 0.6) is 0 Å². The van der Waals surface area contributed by atoms with Crippen LogP contribution in [0.2, 0.25) is 0 Å². The van der Waals surface area contributed by atoms with Crippen LogP contribution in [0.3, 0.4) is 0 Å². The van der Waals surface area contributed by atoms with Gasteiger partial charge in [0.05, 0.1) is 11.9 Å². The molecule has 0 fully saturated rings. The summed E-state index contributed by atoms with van der Waals surface area (Å²) in [5.41, 5.74) is 8.64. The molecular weight excluding hydrogens is 350 g/mol. The topological polar surface area (TPSA) is 29.3 Å². The van der Waals surface area contributed by atoms with Gasteiger partial charge in [-0.15, -0.1) is 0 Å². The second-order valence-electron chi connectivity index (χ2n) is 5.37. The van der Waals surface area contributed by atoms with Crippen molar-refractivity contribution in [2.24, 2.45) is 5.10 Å². The summed E-state index contributed by atoms with van der Waals surface area (Å²) in [6.45, 7) is 4.22. The molecule has 2 aromatic carbocycles. The number of para-hydroxylation sites is 1. The Kier molecular flexibility index (Phi) is 4.63. The number of aromatic nitrogens is 1. The predicted octanol–water partition coefficient (Wildman–Crippen LogP) is 5.30. The predicted molar refractivity (Wildman–Crippen MR) is 101 cm³/mol. The van der Waals surface area contributed by atoms with Crippen molar-refractivity contribution in [1.29, 1.82) is 0 Å². The minimum atomic E-state index is 0.977. The third-order valence-corrected chi connectivity index (χ3v) is 4.25. The highest BCUT2D eigenvalue weighted by Crippen LogP contribution is 2.21. The molecule has 3 nitrogen and oxygen atoms in total.